The van der Waals surface area contributed by atoms with Gasteiger partial charge >= 0.3 is 0 Å². The normalized spacial score (nSPS) is 12.8. The van der Waals surface area contributed by atoms with Crippen LogP contribution < -0.4 is 5.32 Å². The minimum atomic E-state index is -0.654. The fraction of sp³-hybridized carbons (Fsp3) is 0.556. The van der Waals surface area contributed by atoms with Gasteiger partial charge < -0.3 is 15.3 Å². The van der Waals surface area contributed by atoms with Gasteiger partial charge in [-0.3, -0.25) is 9.67 Å². The fourth-order valence-electron chi connectivity index (χ4n) is 2.73. The Morgan fingerprint density at radius 2 is 2.15 bits per heavy atom. The quantitative estimate of drug-likeness (QED) is 0.326. The first kappa shape index (κ1) is 24.2. The van der Waals surface area contributed by atoms with Crippen molar-refractivity contribution in [2.45, 2.75) is 39.3 Å². The number of thiophene rings is 1. The molecule has 152 valence electrons. The van der Waals surface area contributed by atoms with Crippen molar-refractivity contribution < 1.29 is 5.11 Å². The zero-order chi connectivity index (χ0) is 19.3. The third-order valence-corrected chi connectivity index (χ3v) is 5.26. The molecule has 0 fully saturated rings. The van der Waals surface area contributed by atoms with Crippen molar-refractivity contribution in [2.75, 3.05) is 20.1 Å². The van der Waals surface area contributed by atoms with Gasteiger partial charge in [0.15, 0.2) is 5.96 Å². The van der Waals surface area contributed by atoms with Crippen LogP contribution in [0.1, 0.15) is 48.9 Å². The largest absolute Gasteiger partial charge is 0.386 e. The van der Waals surface area contributed by atoms with Crippen molar-refractivity contribution in [1.82, 2.24) is 20.0 Å². The summed E-state index contributed by atoms with van der Waals surface area (Å²) in [5.74, 6) is 1.12. The van der Waals surface area contributed by atoms with Crippen LogP contribution in [0.2, 0.25) is 4.34 Å². The molecular weight excluding hydrogens is 497 g/mol. The molecule has 0 saturated heterocycles. The Labute approximate surface area is 187 Å². The third-order valence-electron chi connectivity index (χ3n) is 3.92. The summed E-state index contributed by atoms with van der Waals surface area (Å²) in [5.41, 5.74) is 2.28. The maximum atomic E-state index is 10.3. The predicted octanol–water partition coefficient (Wildman–Crippen LogP) is 4.01. The molecule has 1 unspecified atom stereocenters. The van der Waals surface area contributed by atoms with E-state index >= 15 is 0 Å². The summed E-state index contributed by atoms with van der Waals surface area (Å²) in [4.78, 5) is 7.48. The summed E-state index contributed by atoms with van der Waals surface area (Å²) in [7, 11) is 3.93. The second-order valence-electron chi connectivity index (χ2n) is 6.58. The summed E-state index contributed by atoms with van der Waals surface area (Å²) < 4.78 is 2.53. The van der Waals surface area contributed by atoms with Gasteiger partial charge in [0.05, 0.1) is 16.6 Å². The first-order chi connectivity index (χ1) is 12.3. The van der Waals surface area contributed by atoms with Gasteiger partial charge in [0, 0.05) is 43.8 Å². The average Bonchev–Trinajstić information content (AvgIpc) is 3.16. The molecule has 27 heavy (non-hydrogen) atoms. The number of aryl methyl sites for hydroxylation is 1. The van der Waals surface area contributed by atoms with E-state index in [9.17, 15) is 5.11 Å². The van der Waals surface area contributed by atoms with E-state index in [0.717, 1.165) is 23.1 Å². The van der Waals surface area contributed by atoms with Crippen LogP contribution in [-0.4, -0.2) is 45.9 Å². The summed E-state index contributed by atoms with van der Waals surface area (Å²) in [6.07, 6.45) is 1.40. The van der Waals surface area contributed by atoms with Crippen molar-refractivity contribution >= 4 is 52.9 Å². The lowest BCUT2D eigenvalue weighted by molar-refractivity contribution is 0.190. The Morgan fingerprint density at radius 3 is 2.70 bits per heavy atom. The molecule has 0 aliphatic heterocycles. The Balaban J connectivity index is 0.00000364. The first-order valence-electron chi connectivity index (χ1n) is 8.77. The molecule has 0 aliphatic rings. The Hall–Kier alpha value is -0.840. The monoisotopic (exact) mass is 525 g/mol. The molecule has 2 N–H and O–H groups in total. The van der Waals surface area contributed by atoms with Gasteiger partial charge in [-0.25, -0.2) is 0 Å². The Kier molecular flexibility index (Phi) is 10.1. The summed E-state index contributed by atoms with van der Waals surface area (Å²) >= 11 is 7.32. The topological polar surface area (TPSA) is 65.7 Å². The van der Waals surface area contributed by atoms with Crippen molar-refractivity contribution in [2.24, 2.45) is 12.0 Å². The van der Waals surface area contributed by atoms with Crippen molar-refractivity contribution in [1.29, 1.82) is 0 Å². The number of aliphatic imine (C=N–C) groups is 1. The lowest BCUT2D eigenvalue weighted by Gasteiger charge is -2.22. The molecule has 2 aromatic heterocycles. The standard InChI is InChI=1S/C18H28ClN5OS.HI/c1-6-20-18(21-9-14(25)15-7-8-16(19)26-15)23(4)10-13-11-24(5)22-17(13)12(2)3;/h7-8,11-12,14,25H,6,9-10H2,1-5H3,(H,20,21);1H. The molecule has 1 atom stereocenters. The third kappa shape index (κ3) is 6.92. The van der Waals surface area contributed by atoms with Crippen molar-refractivity contribution in [3.05, 3.63) is 38.8 Å². The number of guanidine groups is 1. The lowest BCUT2D eigenvalue weighted by atomic mass is 10.1. The molecule has 0 saturated carbocycles. The average molecular weight is 526 g/mol. The maximum Gasteiger partial charge on any atom is 0.194 e. The predicted molar refractivity (Wildman–Crippen MR) is 124 cm³/mol. The summed E-state index contributed by atoms with van der Waals surface area (Å²) in [6, 6.07) is 3.63. The molecular formula is C18H29ClIN5OS. The maximum absolute atomic E-state index is 10.3. The molecule has 0 amide bonds. The number of hydrogen-bond acceptors (Lipinski definition) is 4. The van der Waals surface area contributed by atoms with Crippen LogP contribution >= 0.6 is 46.9 Å². The number of hydrogen-bond donors (Lipinski definition) is 2. The van der Waals surface area contributed by atoms with Crippen LogP contribution in [0, 0.1) is 0 Å². The second-order valence-corrected chi connectivity index (χ2v) is 8.32. The van der Waals surface area contributed by atoms with Crippen LogP contribution in [-0.2, 0) is 13.6 Å². The van der Waals surface area contributed by atoms with E-state index in [2.05, 4.69) is 40.4 Å². The van der Waals surface area contributed by atoms with Crippen LogP contribution in [0.25, 0.3) is 0 Å². The van der Waals surface area contributed by atoms with Gasteiger partial charge in [0.1, 0.15) is 6.10 Å². The minimum absolute atomic E-state index is 0. The number of nitrogens with zero attached hydrogens (tertiary/aromatic N) is 4. The molecule has 0 spiro atoms. The van der Waals surface area contributed by atoms with Gasteiger partial charge in [0.25, 0.3) is 0 Å². The van der Waals surface area contributed by atoms with E-state index in [-0.39, 0.29) is 30.5 Å². The number of nitrogens with one attached hydrogen (secondary N) is 1. The molecule has 0 radical (unpaired) electrons. The van der Waals surface area contributed by atoms with E-state index in [1.54, 1.807) is 6.07 Å². The summed E-state index contributed by atoms with van der Waals surface area (Å²) in [6.45, 7) is 8.07. The summed E-state index contributed by atoms with van der Waals surface area (Å²) in [5, 5.41) is 18.2. The van der Waals surface area contributed by atoms with E-state index < -0.39 is 6.10 Å². The van der Waals surface area contributed by atoms with E-state index in [0.29, 0.717) is 16.8 Å². The van der Waals surface area contributed by atoms with Gasteiger partial charge in [-0.05, 0) is 25.0 Å². The van der Waals surface area contributed by atoms with Crippen molar-refractivity contribution in [3.63, 3.8) is 0 Å². The number of aliphatic hydroxyl groups is 1. The smallest absolute Gasteiger partial charge is 0.194 e. The van der Waals surface area contributed by atoms with Gasteiger partial charge in [-0.1, -0.05) is 25.4 Å². The number of halogens is 2. The highest BCUT2D eigenvalue weighted by atomic mass is 127. The van der Waals surface area contributed by atoms with Crippen LogP contribution in [0.5, 0.6) is 0 Å². The van der Waals surface area contributed by atoms with Crippen LogP contribution in [0.15, 0.2) is 23.3 Å². The number of aliphatic hydroxyl groups excluding tert-OH is 1. The highest BCUT2D eigenvalue weighted by Crippen LogP contribution is 2.27. The van der Waals surface area contributed by atoms with E-state index in [1.165, 1.54) is 16.9 Å². The Bertz CT molecular complexity index is 746. The second kappa shape index (κ2) is 11.2. The zero-order valence-electron chi connectivity index (χ0n) is 16.4. The van der Waals surface area contributed by atoms with Gasteiger partial charge in [-0.15, -0.1) is 35.3 Å². The molecule has 6 nitrogen and oxygen atoms in total. The van der Waals surface area contributed by atoms with E-state index in [4.69, 9.17) is 11.6 Å². The lowest BCUT2D eigenvalue weighted by Crippen LogP contribution is -2.39. The number of rotatable bonds is 7. The zero-order valence-corrected chi connectivity index (χ0v) is 20.3. The minimum Gasteiger partial charge on any atom is -0.386 e. The molecule has 9 heteroatoms. The van der Waals surface area contributed by atoms with E-state index in [1.807, 2.05) is 31.8 Å². The fourth-order valence-corrected chi connectivity index (χ4v) is 3.77. The molecule has 2 heterocycles. The number of aromatic nitrogens is 2. The molecule has 0 aliphatic carbocycles. The molecule has 0 aromatic carbocycles. The van der Waals surface area contributed by atoms with Crippen molar-refractivity contribution in [3.8, 4) is 0 Å². The first-order valence-corrected chi connectivity index (χ1v) is 9.96. The van der Waals surface area contributed by atoms with Crippen LogP contribution in [0.3, 0.4) is 0 Å². The van der Waals surface area contributed by atoms with Gasteiger partial charge in [0.2, 0.25) is 0 Å². The van der Waals surface area contributed by atoms with Gasteiger partial charge in [-0.2, -0.15) is 5.10 Å². The highest BCUT2D eigenvalue weighted by Gasteiger charge is 2.16. The highest BCUT2D eigenvalue weighted by molar-refractivity contribution is 14.0. The Morgan fingerprint density at radius 1 is 1.44 bits per heavy atom. The molecule has 2 rings (SSSR count). The SMILES string of the molecule is CCNC(=NCC(O)c1ccc(Cl)s1)N(C)Cc1cn(C)nc1C(C)C.I. The molecule has 0 bridgehead atoms. The van der Waals surface area contributed by atoms with Crippen LogP contribution in [0.4, 0.5) is 0 Å². The molecule has 2 aromatic rings.